The van der Waals surface area contributed by atoms with Crippen LogP contribution in [0.25, 0.3) is 0 Å². The monoisotopic (exact) mass is 313 g/mol. The highest BCUT2D eigenvalue weighted by atomic mass is 16.5. The topological polar surface area (TPSA) is 89.9 Å². The minimum Gasteiger partial charge on any atom is -0.381 e. The summed E-state index contributed by atoms with van der Waals surface area (Å²) in [5.41, 5.74) is 1.84. The van der Waals surface area contributed by atoms with Crippen molar-refractivity contribution in [2.24, 2.45) is 0 Å². The second kappa shape index (κ2) is 7.23. The normalized spacial score (nSPS) is 17.7. The van der Waals surface area contributed by atoms with Crippen LogP contribution in [-0.4, -0.2) is 39.1 Å². The Balaban J connectivity index is 1.61. The van der Waals surface area contributed by atoms with Gasteiger partial charge in [-0.3, -0.25) is 9.78 Å². The highest BCUT2D eigenvalue weighted by molar-refractivity contribution is 5.91. The summed E-state index contributed by atoms with van der Waals surface area (Å²) in [5.74, 6) is 0.757. The van der Waals surface area contributed by atoms with E-state index < -0.39 is 0 Å². The summed E-state index contributed by atoms with van der Waals surface area (Å²) < 4.78 is 5.48. The molecule has 1 saturated heterocycles. The molecule has 2 aromatic rings. The molecule has 1 amide bonds. The zero-order chi connectivity index (χ0) is 16.1. The lowest BCUT2D eigenvalue weighted by Gasteiger charge is -2.20. The van der Waals surface area contributed by atoms with E-state index in [0.717, 1.165) is 36.7 Å². The van der Waals surface area contributed by atoms with Crippen LogP contribution in [0.15, 0.2) is 24.7 Å². The maximum absolute atomic E-state index is 12.0. The van der Waals surface area contributed by atoms with Gasteiger partial charge in [-0.1, -0.05) is 0 Å². The lowest BCUT2D eigenvalue weighted by molar-refractivity contribution is 0.0779. The van der Waals surface area contributed by atoms with Crippen LogP contribution in [0.4, 0.5) is 0 Å². The van der Waals surface area contributed by atoms with Crippen molar-refractivity contribution in [2.45, 2.75) is 32.2 Å². The zero-order valence-corrected chi connectivity index (χ0v) is 13.0. The Morgan fingerprint density at radius 1 is 1.35 bits per heavy atom. The van der Waals surface area contributed by atoms with E-state index in [1.165, 1.54) is 6.20 Å². The van der Waals surface area contributed by atoms with E-state index in [-0.39, 0.29) is 11.8 Å². The van der Waals surface area contributed by atoms with Gasteiger partial charge < -0.3 is 10.1 Å². The van der Waals surface area contributed by atoms with Crippen molar-refractivity contribution < 1.29 is 9.53 Å². The van der Waals surface area contributed by atoms with Crippen molar-refractivity contribution >= 4 is 5.91 Å². The fourth-order valence-electron chi connectivity index (χ4n) is 2.42. The molecule has 0 aromatic carbocycles. The second-order valence-corrected chi connectivity index (χ2v) is 5.55. The third-order valence-corrected chi connectivity index (χ3v) is 3.70. The molecule has 7 heteroatoms. The molecule has 3 rings (SSSR count). The summed E-state index contributed by atoms with van der Waals surface area (Å²) in [6.07, 6.45) is 6.83. The maximum Gasteiger partial charge on any atom is 0.271 e. The van der Waals surface area contributed by atoms with Gasteiger partial charge in [0.15, 0.2) is 0 Å². The van der Waals surface area contributed by atoms with Crippen LogP contribution in [0, 0.1) is 6.92 Å². The Kier molecular flexibility index (Phi) is 4.87. The van der Waals surface area contributed by atoms with Crippen molar-refractivity contribution in [3.8, 4) is 0 Å². The fraction of sp³-hybridized carbons (Fsp3) is 0.438. The van der Waals surface area contributed by atoms with Crippen molar-refractivity contribution in [2.75, 3.05) is 13.2 Å². The molecule has 0 unspecified atom stereocenters. The number of hydrogen-bond acceptors (Lipinski definition) is 6. The van der Waals surface area contributed by atoms with Crippen molar-refractivity contribution in [3.05, 3.63) is 47.6 Å². The van der Waals surface area contributed by atoms with Crippen LogP contribution < -0.4 is 5.32 Å². The Labute approximate surface area is 134 Å². The molecule has 0 bridgehead atoms. The molecule has 0 saturated carbocycles. The van der Waals surface area contributed by atoms with E-state index in [1.807, 2.05) is 6.92 Å². The summed E-state index contributed by atoms with van der Waals surface area (Å²) in [7, 11) is 0. The second-order valence-electron chi connectivity index (χ2n) is 5.55. The minimum atomic E-state index is -0.265. The van der Waals surface area contributed by atoms with E-state index in [9.17, 15) is 4.79 Å². The zero-order valence-electron chi connectivity index (χ0n) is 13.0. The summed E-state index contributed by atoms with van der Waals surface area (Å²) in [6, 6.07) is 1.80. The molecule has 2 aromatic heterocycles. The van der Waals surface area contributed by atoms with Crippen LogP contribution >= 0.6 is 0 Å². The van der Waals surface area contributed by atoms with Gasteiger partial charge in [-0.15, -0.1) is 0 Å². The fourth-order valence-corrected chi connectivity index (χ4v) is 2.42. The maximum atomic E-state index is 12.0. The third-order valence-electron chi connectivity index (χ3n) is 3.70. The van der Waals surface area contributed by atoms with E-state index in [4.69, 9.17) is 4.74 Å². The number of ether oxygens (including phenoxy) is 1. The summed E-state index contributed by atoms with van der Waals surface area (Å²) in [4.78, 5) is 29.0. The van der Waals surface area contributed by atoms with E-state index >= 15 is 0 Å². The molecule has 3 heterocycles. The first-order chi connectivity index (χ1) is 11.2. The summed E-state index contributed by atoms with van der Waals surface area (Å²) in [6.45, 7) is 3.63. The number of nitrogens with one attached hydrogen (secondary N) is 1. The largest absolute Gasteiger partial charge is 0.381 e. The molecule has 1 N–H and O–H groups in total. The first-order valence-electron chi connectivity index (χ1n) is 7.69. The highest BCUT2D eigenvalue weighted by Crippen LogP contribution is 2.22. The minimum absolute atomic E-state index is 0.238. The molecule has 0 radical (unpaired) electrons. The number of nitrogens with zero attached hydrogens (tertiary/aromatic N) is 4. The molecule has 1 fully saturated rings. The van der Waals surface area contributed by atoms with Crippen LogP contribution in [-0.2, 0) is 11.3 Å². The van der Waals surface area contributed by atoms with Gasteiger partial charge in [0, 0.05) is 24.9 Å². The SMILES string of the molecule is Cc1cnc(C(=O)NCc2ccnc([C@H]3CCCOC3)n2)cn1. The lowest BCUT2D eigenvalue weighted by Crippen LogP contribution is -2.25. The van der Waals surface area contributed by atoms with E-state index in [0.29, 0.717) is 18.8 Å². The lowest BCUT2D eigenvalue weighted by atomic mass is 10.0. The Morgan fingerprint density at radius 2 is 2.26 bits per heavy atom. The van der Waals surface area contributed by atoms with Gasteiger partial charge in [-0.05, 0) is 25.8 Å². The molecule has 0 spiro atoms. The standard InChI is InChI=1S/C16H19N5O2/c1-11-7-19-14(9-18-11)16(22)20-8-13-4-5-17-15(21-13)12-3-2-6-23-10-12/h4-5,7,9,12H,2-3,6,8,10H2,1H3,(H,20,22)/t12-/m0/s1. The summed E-state index contributed by atoms with van der Waals surface area (Å²) in [5, 5.41) is 2.80. The average molecular weight is 313 g/mol. The van der Waals surface area contributed by atoms with Crippen LogP contribution in [0.3, 0.4) is 0 Å². The van der Waals surface area contributed by atoms with E-state index in [2.05, 4.69) is 25.3 Å². The third kappa shape index (κ3) is 4.07. The van der Waals surface area contributed by atoms with Crippen LogP contribution in [0.1, 0.15) is 46.5 Å². The van der Waals surface area contributed by atoms with Gasteiger partial charge in [0.1, 0.15) is 11.5 Å². The molecule has 1 aliphatic heterocycles. The molecule has 120 valence electrons. The molecule has 1 aliphatic rings. The number of amides is 1. The van der Waals surface area contributed by atoms with Gasteiger partial charge in [0.05, 0.1) is 30.7 Å². The molecule has 23 heavy (non-hydrogen) atoms. The number of carbonyl (C=O) groups excluding carboxylic acids is 1. The molecular formula is C16H19N5O2. The first-order valence-corrected chi connectivity index (χ1v) is 7.69. The molecular weight excluding hydrogens is 294 g/mol. The van der Waals surface area contributed by atoms with Gasteiger partial charge in [0.2, 0.25) is 0 Å². The molecule has 0 aliphatic carbocycles. The Hall–Kier alpha value is -2.41. The highest BCUT2D eigenvalue weighted by Gasteiger charge is 2.19. The van der Waals surface area contributed by atoms with Gasteiger partial charge in [-0.2, -0.15) is 0 Å². The molecule has 7 nitrogen and oxygen atoms in total. The number of aryl methyl sites for hydroxylation is 1. The van der Waals surface area contributed by atoms with Crippen LogP contribution in [0.5, 0.6) is 0 Å². The van der Waals surface area contributed by atoms with Gasteiger partial charge in [-0.25, -0.2) is 15.0 Å². The van der Waals surface area contributed by atoms with Crippen molar-refractivity contribution in [3.63, 3.8) is 0 Å². The quantitative estimate of drug-likeness (QED) is 0.917. The smallest absolute Gasteiger partial charge is 0.271 e. The average Bonchev–Trinajstić information content (AvgIpc) is 2.61. The number of carbonyl (C=O) groups is 1. The number of aromatic nitrogens is 4. The van der Waals surface area contributed by atoms with Gasteiger partial charge >= 0.3 is 0 Å². The Bertz CT molecular complexity index is 668. The number of rotatable bonds is 4. The molecule has 1 atom stereocenters. The predicted molar refractivity (Wildman–Crippen MR) is 82.8 cm³/mol. The predicted octanol–water partition coefficient (Wildman–Crippen LogP) is 1.40. The first kappa shape index (κ1) is 15.5. The Morgan fingerprint density at radius 3 is 3.00 bits per heavy atom. The number of hydrogen-bond donors (Lipinski definition) is 1. The van der Waals surface area contributed by atoms with Crippen molar-refractivity contribution in [1.82, 2.24) is 25.3 Å². The van der Waals surface area contributed by atoms with Crippen molar-refractivity contribution in [1.29, 1.82) is 0 Å². The van der Waals surface area contributed by atoms with Gasteiger partial charge in [0.25, 0.3) is 5.91 Å². The van der Waals surface area contributed by atoms with E-state index in [1.54, 1.807) is 18.5 Å². The summed E-state index contributed by atoms with van der Waals surface area (Å²) >= 11 is 0. The van der Waals surface area contributed by atoms with Crippen LogP contribution in [0.2, 0.25) is 0 Å².